The van der Waals surface area contributed by atoms with Crippen molar-refractivity contribution in [3.05, 3.63) is 26.9 Å². The minimum atomic E-state index is -0.180. The molecule has 1 amide bonds. The van der Waals surface area contributed by atoms with Gasteiger partial charge in [0.15, 0.2) is 0 Å². The Morgan fingerprint density at radius 1 is 1.28 bits per heavy atom. The number of nitrogens with zero attached hydrogens (tertiary/aromatic N) is 2. The summed E-state index contributed by atoms with van der Waals surface area (Å²) in [6.45, 7) is 2.66. The lowest BCUT2D eigenvalue weighted by Crippen LogP contribution is -2.22. The Bertz CT molecular complexity index is 535. The summed E-state index contributed by atoms with van der Waals surface area (Å²) < 4.78 is 0. The number of rotatable bonds is 5. The third kappa shape index (κ3) is 3.05. The fourth-order valence-corrected chi connectivity index (χ4v) is 2.88. The van der Waals surface area contributed by atoms with E-state index < -0.39 is 0 Å². The van der Waals surface area contributed by atoms with E-state index in [1.54, 1.807) is 18.4 Å². The van der Waals surface area contributed by atoms with Crippen LogP contribution >= 0.6 is 22.7 Å². The minimum absolute atomic E-state index is 0.180. The highest BCUT2D eigenvalue weighted by molar-refractivity contribution is 7.17. The first-order valence-electron chi connectivity index (χ1n) is 5.60. The summed E-state index contributed by atoms with van der Waals surface area (Å²) in [6.07, 6.45) is 1.03. The summed E-state index contributed by atoms with van der Waals surface area (Å²) in [7, 11) is 1.75. The van der Waals surface area contributed by atoms with Crippen LogP contribution in [-0.4, -0.2) is 23.2 Å². The smallest absolute Gasteiger partial charge is 0.282 e. The van der Waals surface area contributed by atoms with Crippen molar-refractivity contribution in [1.29, 1.82) is 0 Å². The van der Waals surface area contributed by atoms with Crippen LogP contribution in [0.1, 0.15) is 26.5 Å². The average Bonchev–Trinajstić information content (AvgIpc) is 3.04. The van der Waals surface area contributed by atoms with E-state index >= 15 is 0 Å². The van der Waals surface area contributed by atoms with Crippen LogP contribution in [0.25, 0.3) is 0 Å². The zero-order valence-corrected chi connectivity index (χ0v) is 11.8. The van der Waals surface area contributed by atoms with Crippen molar-refractivity contribution < 1.29 is 4.79 Å². The number of hydrogen-bond donors (Lipinski definition) is 2. The third-order valence-electron chi connectivity index (χ3n) is 2.32. The first-order valence-corrected chi connectivity index (χ1v) is 7.23. The van der Waals surface area contributed by atoms with Gasteiger partial charge in [0.2, 0.25) is 10.1 Å². The van der Waals surface area contributed by atoms with Crippen LogP contribution in [0, 0.1) is 0 Å². The monoisotopic (exact) mass is 282 g/mol. The fraction of sp³-hybridized carbons (Fsp3) is 0.364. The molecule has 2 aromatic heterocycles. The number of thiophene rings is 1. The van der Waals surface area contributed by atoms with E-state index in [1.807, 2.05) is 6.07 Å². The van der Waals surface area contributed by atoms with Gasteiger partial charge < -0.3 is 10.6 Å². The highest BCUT2D eigenvalue weighted by atomic mass is 32.1. The molecule has 96 valence electrons. The van der Waals surface area contributed by atoms with Crippen molar-refractivity contribution in [1.82, 2.24) is 15.5 Å². The quantitative estimate of drug-likeness (QED) is 0.881. The van der Waals surface area contributed by atoms with Crippen LogP contribution in [0.5, 0.6) is 0 Å². The Labute approximate surface area is 113 Å². The Morgan fingerprint density at radius 3 is 2.67 bits per heavy atom. The van der Waals surface area contributed by atoms with Gasteiger partial charge in [-0.2, -0.15) is 0 Å². The van der Waals surface area contributed by atoms with Gasteiger partial charge >= 0.3 is 0 Å². The molecule has 0 fully saturated rings. The van der Waals surface area contributed by atoms with E-state index in [0.29, 0.717) is 16.7 Å². The van der Waals surface area contributed by atoms with Crippen LogP contribution in [-0.2, 0) is 13.0 Å². The van der Waals surface area contributed by atoms with Gasteiger partial charge in [0, 0.05) is 16.8 Å². The van der Waals surface area contributed by atoms with Gasteiger partial charge in [0.25, 0.3) is 5.91 Å². The lowest BCUT2D eigenvalue weighted by Gasteiger charge is -1.99. The Balaban J connectivity index is 1.91. The van der Waals surface area contributed by atoms with E-state index in [-0.39, 0.29) is 5.91 Å². The number of aromatic nitrogens is 2. The average molecular weight is 282 g/mol. The standard InChI is InChI=1S/C11H14N4OS2/c1-3-7-4-5-8(17-7)6-13-9(16)10-14-15-11(12-2)18-10/h4-5H,3,6H2,1-2H3,(H,12,15)(H,13,16). The number of carbonyl (C=O) groups excluding carboxylic acids is 1. The van der Waals surface area contributed by atoms with Crippen molar-refractivity contribution in [2.24, 2.45) is 0 Å². The highest BCUT2D eigenvalue weighted by Gasteiger charge is 2.12. The predicted octanol–water partition coefficient (Wildman–Crippen LogP) is 2.13. The maximum Gasteiger partial charge on any atom is 0.282 e. The molecular weight excluding hydrogens is 268 g/mol. The lowest BCUT2D eigenvalue weighted by molar-refractivity contribution is 0.0950. The highest BCUT2D eigenvalue weighted by Crippen LogP contribution is 2.17. The number of hydrogen-bond acceptors (Lipinski definition) is 6. The zero-order chi connectivity index (χ0) is 13.0. The second kappa shape index (κ2) is 5.92. The molecule has 2 rings (SSSR count). The second-order valence-corrected chi connectivity index (χ2v) is 5.80. The van der Waals surface area contributed by atoms with Gasteiger partial charge in [-0.05, 0) is 18.6 Å². The van der Waals surface area contributed by atoms with Gasteiger partial charge in [0.05, 0.1) is 6.54 Å². The predicted molar refractivity (Wildman–Crippen MR) is 74.3 cm³/mol. The molecule has 7 heteroatoms. The molecule has 0 saturated carbocycles. The van der Waals surface area contributed by atoms with Gasteiger partial charge in [-0.25, -0.2) is 0 Å². The summed E-state index contributed by atoms with van der Waals surface area (Å²) in [6, 6.07) is 4.14. The van der Waals surface area contributed by atoms with Gasteiger partial charge in [0.1, 0.15) is 0 Å². The fourth-order valence-electron chi connectivity index (χ4n) is 1.37. The second-order valence-electron chi connectivity index (χ2n) is 3.57. The number of amides is 1. The van der Waals surface area contributed by atoms with Gasteiger partial charge in [-0.3, -0.25) is 4.79 Å². The number of carbonyl (C=O) groups is 1. The molecule has 0 bridgehead atoms. The molecule has 5 nitrogen and oxygen atoms in total. The molecule has 0 aromatic carbocycles. The van der Waals surface area contributed by atoms with E-state index in [2.05, 4.69) is 33.8 Å². The van der Waals surface area contributed by atoms with Crippen molar-refractivity contribution in [2.75, 3.05) is 12.4 Å². The van der Waals surface area contributed by atoms with Gasteiger partial charge in [-0.1, -0.05) is 18.3 Å². The molecule has 0 saturated heterocycles. The van der Waals surface area contributed by atoms with E-state index in [0.717, 1.165) is 11.3 Å². The van der Waals surface area contributed by atoms with E-state index in [9.17, 15) is 4.79 Å². The van der Waals surface area contributed by atoms with Crippen molar-refractivity contribution in [3.63, 3.8) is 0 Å². The molecule has 2 heterocycles. The van der Waals surface area contributed by atoms with E-state index in [1.165, 1.54) is 16.2 Å². The van der Waals surface area contributed by atoms with Crippen LogP contribution in [0.2, 0.25) is 0 Å². The van der Waals surface area contributed by atoms with Crippen molar-refractivity contribution in [3.8, 4) is 0 Å². The normalized spacial score (nSPS) is 10.3. The van der Waals surface area contributed by atoms with E-state index in [4.69, 9.17) is 0 Å². The molecule has 0 aliphatic carbocycles. The molecule has 2 aromatic rings. The third-order valence-corrected chi connectivity index (χ3v) is 4.49. The summed E-state index contributed by atoms with van der Waals surface area (Å²) in [5.74, 6) is -0.180. The molecule has 0 spiro atoms. The lowest BCUT2D eigenvalue weighted by atomic mass is 10.3. The summed E-state index contributed by atoms with van der Waals surface area (Å²) in [5, 5.41) is 14.4. The maximum absolute atomic E-state index is 11.8. The Morgan fingerprint density at radius 2 is 2.06 bits per heavy atom. The molecule has 0 atom stereocenters. The minimum Gasteiger partial charge on any atom is -0.363 e. The summed E-state index contributed by atoms with van der Waals surface area (Å²) in [4.78, 5) is 14.3. The molecular formula is C11H14N4OS2. The molecule has 2 N–H and O–H groups in total. The molecule has 0 radical (unpaired) electrons. The largest absolute Gasteiger partial charge is 0.363 e. The zero-order valence-electron chi connectivity index (χ0n) is 10.2. The van der Waals surface area contributed by atoms with Gasteiger partial charge in [-0.15, -0.1) is 21.5 Å². The van der Waals surface area contributed by atoms with Crippen molar-refractivity contribution in [2.45, 2.75) is 19.9 Å². The topological polar surface area (TPSA) is 66.9 Å². The number of nitrogens with one attached hydrogen (secondary N) is 2. The summed E-state index contributed by atoms with van der Waals surface area (Å²) >= 11 is 2.96. The molecule has 0 unspecified atom stereocenters. The summed E-state index contributed by atoms with van der Waals surface area (Å²) in [5.41, 5.74) is 0. The first kappa shape index (κ1) is 13.0. The Hall–Kier alpha value is -1.47. The Kier molecular flexibility index (Phi) is 4.27. The molecule has 0 aliphatic rings. The van der Waals surface area contributed by atoms with Crippen molar-refractivity contribution >= 4 is 33.7 Å². The first-order chi connectivity index (χ1) is 8.72. The number of aryl methyl sites for hydroxylation is 1. The molecule has 0 aliphatic heterocycles. The van der Waals surface area contributed by atoms with Crippen LogP contribution in [0.3, 0.4) is 0 Å². The van der Waals surface area contributed by atoms with Crippen LogP contribution in [0.4, 0.5) is 5.13 Å². The maximum atomic E-state index is 11.8. The van der Waals surface area contributed by atoms with Crippen LogP contribution in [0.15, 0.2) is 12.1 Å². The SMILES string of the molecule is CCc1ccc(CNC(=O)c2nnc(NC)s2)s1. The molecule has 18 heavy (non-hydrogen) atoms. The number of anilines is 1. The van der Waals surface area contributed by atoms with Crippen LogP contribution < -0.4 is 10.6 Å².